The first kappa shape index (κ1) is 12.3. The lowest BCUT2D eigenvalue weighted by atomic mass is 9.86. The van der Waals surface area contributed by atoms with E-state index < -0.39 is 11.4 Å². The number of hydrogen-bond donors (Lipinski definition) is 2. The topological polar surface area (TPSA) is 41.5 Å². The third-order valence-corrected chi connectivity index (χ3v) is 3.34. The number of methoxy groups -OCH3 is 1. The molecule has 2 rings (SSSR count). The highest BCUT2D eigenvalue weighted by molar-refractivity contribution is 5.34. The molecule has 1 aromatic carbocycles. The van der Waals surface area contributed by atoms with E-state index in [0.717, 1.165) is 13.0 Å². The third kappa shape index (κ3) is 2.42. The SMILES string of the molecule is COc1cccc(C2(O)CCCNCC2)c1F. The summed E-state index contributed by atoms with van der Waals surface area (Å²) in [7, 11) is 1.43. The summed E-state index contributed by atoms with van der Waals surface area (Å²) in [6, 6.07) is 4.92. The molecule has 1 aromatic rings. The van der Waals surface area contributed by atoms with Crippen molar-refractivity contribution < 1.29 is 14.2 Å². The number of nitrogens with one attached hydrogen (secondary N) is 1. The molecule has 1 heterocycles. The van der Waals surface area contributed by atoms with Crippen LogP contribution in [0.4, 0.5) is 4.39 Å². The van der Waals surface area contributed by atoms with Crippen LogP contribution in [0.1, 0.15) is 24.8 Å². The molecular formula is C13H18FNO2. The molecule has 0 saturated carbocycles. The fourth-order valence-electron chi connectivity index (χ4n) is 2.35. The van der Waals surface area contributed by atoms with Gasteiger partial charge in [-0.3, -0.25) is 0 Å². The zero-order chi connectivity index (χ0) is 12.3. The number of ether oxygens (including phenoxy) is 1. The number of aliphatic hydroxyl groups is 1. The van der Waals surface area contributed by atoms with E-state index >= 15 is 0 Å². The van der Waals surface area contributed by atoms with E-state index in [4.69, 9.17) is 4.74 Å². The predicted octanol–water partition coefficient (Wildman–Crippen LogP) is 1.80. The van der Waals surface area contributed by atoms with Crippen LogP contribution in [-0.4, -0.2) is 25.3 Å². The van der Waals surface area contributed by atoms with Crippen LogP contribution in [-0.2, 0) is 5.60 Å². The van der Waals surface area contributed by atoms with Gasteiger partial charge in [0.2, 0.25) is 0 Å². The standard InChI is InChI=1S/C13H18FNO2/c1-17-11-5-2-4-10(12(11)14)13(16)6-3-8-15-9-7-13/h2,4-5,15-16H,3,6-9H2,1H3. The lowest BCUT2D eigenvalue weighted by Crippen LogP contribution is -2.28. The van der Waals surface area contributed by atoms with E-state index in [1.807, 2.05) is 0 Å². The Balaban J connectivity index is 2.37. The summed E-state index contributed by atoms with van der Waals surface area (Å²) in [6.45, 7) is 1.57. The van der Waals surface area contributed by atoms with E-state index in [9.17, 15) is 9.50 Å². The van der Waals surface area contributed by atoms with Crippen LogP contribution in [0.25, 0.3) is 0 Å². The van der Waals surface area contributed by atoms with Crippen LogP contribution in [0.5, 0.6) is 5.75 Å². The van der Waals surface area contributed by atoms with Gasteiger partial charge in [-0.2, -0.15) is 0 Å². The molecule has 0 amide bonds. The van der Waals surface area contributed by atoms with Crippen LogP contribution >= 0.6 is 0 Å². The van der Waals surface area contributed by atoms with Crippen molar-refractivity contribution >= 4 is 0 Å². The highest BCUT2D eigenvalue weighted by Gasteiger charge is 2.33. The summed E-state index contributed by atoms with van der Waals surface area (Å²) in [5.74, 6) is -0.257. The Morgan fingerprint density at radius 2 is 2.18 bits per heavy atom. The maximum Gasteiger partial charge on any atom is 0.171 e. The van der Waals surface area contributed by atoms with Gasteiger partial charge < -0.3 is 15.2 Å². The van der Waals surface area contributed by atoms with Crippen LogP contribution in [0.2, 0.25) is 0 Å². The van der Waals surface area contributed by atoms with Gasteiger partial charge in [-0.15, -0.1) is 0 Å². The number of benzene rings is 1. The third-order valence-electron chi connectivity index (χ3n) is 3.34. The largest absolute Gasteiger partial charge is 0.494 e. The summed E-state index contributed by atoms with van der Waals surface area (Å²) < 4.78 is 19.1. The molecule has 0 spiro atoms. The van der Waals surface area contributed by atoms with Crippen molar-refractivity contribution in [1.29, 1.82) is 0 Å². The van der Waals surface area contributed by atoms with Gasteiger partial charge >= 0.3 is 0 Å². The maximum absolute atomic E-state index is 14.1. The van der Waals surface area contributed by atoms with Crippen molar-refractivity contribution in [3.8, 4) is 5.75 Å². The molecule has 0 aliphatic carbocycles. The molecule has 0 aromatic heterocycles. The molecule has 17 heavy (non-hydrogen) atoms. The summed E-state index contributed by atoms with van der Waals surface area (Å²) in [5.41, 5.74) is -0.733. The molecule has 1 atom stereocenters. The molecule has 1 saturated heterocycles. The van der Waals surface area contributed by atoms with Gasteiger partial charge in [-0.05, 0) is 38.4 Å². The maximum atomic E-state index is 14.1. The Kier molecular flexibility index (Phi) is 3.64. The second-order valence-electron chi connectivity index (χ2n) is 4.46. The lowest BCUT2D eigenvalue weighted by molar-refractivity contribution is 0.0202. The molecule has 3 nitrogen and oxygen atoms in total. The second-order valence-corrected chi connectivity index (χ2v) is 4.46. The first-order chi connectivity index (χ1) is 8.17. The summed E-state index contributed by atoms with van der Waals surface area (Å²) in [5, 5.41) is 13.8. The molecule has 1 unspecified atom stereocenters. The minimum Gasteiger partial charge on any atom is -0.494 e. The molecule has 1 fully saturated rings. The molecule has 4 heteroatoms. The molecule has 0 radical (unpaired) electrons. The van der Waals surface area contributed by atoms with E-state index in [1.54, 1.807) is 18.2 Å². The minimum atomic E-state index is -1.08. The first-order valence-electron chi connectivity index (χ1n) is 5.93. The predicted molar refractivity (Wildman–Crippen MR) is 63.6 cm³/mol. The number of halogens is 1. The molecule has 1 aliphatic rings. The van der Waals surface area contributed by atoms with Gasteiger partial charge in [-0.25, -0.2) is 4.39 Å². The molecule has 2 N–H and O–H groups in total. The van der Waals surface area contributed by atoms with E-state index in [2.05, 4.69) is 5.32 Å². The highest BCUT2D eigenvalue weighted by atomic mass is 19.1. The van der Waals surface area contributed by atoms with Gasteiger partial charge in [0, 0.05) is 5.56 Å². The van der Waals surface area contributed by atoms with Crippen molar-refractivity contribution in [2.24, 2.45) is 0 Å². The van der Waals surface area contributed by atoms with E-state index in [1.165, 1.54) is 7.11 Å². The van der Waals surface area contributed by atoms with E-state index in [0.29, 0.717) is 24.9 Å². The Hall–Kier alpha value is -1.13. The van der Waals surface area contributed by atoms with E-state index in [-0.39, 0.29) is 5.75 Å². The Morgan fingerprint density at radius 3 is 2.94 bits per heavy atom. The Bertz CT molecular complexity index is 387. The zero-order valence-electron chi connectivity index (χ0n) is 10.0. The average Bonchev–Trinajstić information content (AvgIpc) is 2.55. The van der Waals surface area contributed by atoms with Crippen molar-refractivity contribution in [2.45, 2.75) is 24.9 Å². The van der Waals surface area contributed by atoms with Crippen molar-refractivity contribution in [1.82, 2.24) is 5.32 Å². The van der Waals surface area contributed by atoms with Crippen molar-refractivity contribution in [3.63, 3.8) is 0 Å². The Morgan fingerprint density at radius 1 is 1.35 bits per heavy atom. The normalized spacial score (nSPS) is 25.4. The second kappa shape index (κ2) is 5.02. The number of rotatable bonds is 2. The summed E-state index contributed by atoms with van der Waals surface area (Å²) in [6.07, 6.45) is 1.94. The van der Waals surface area contributed by atoms with Crippen LogP contribution in [0, 0.1) is 5.82 Å². The van der Waals surface area contributed by atoms with Gasteiger partial charge in [0.1, 0.15) is 0 Å². The fourth-order valence-corrected chi connectivity index (χ4v) is 2.35. The molecule has 0 bridgehead atoms. The van der Waals surface area contributed by atoms with Gasteiger partial charge in [-0.1, -0.05) is 12.1 Å². The first-order valence-corrected chi connectivity index (χ1v) is 5.93. The number of hydrogen-bond acceptors (Lipinski definition) is 3. The van der Waals surface area contributed by atoms with Crippen LogP contribution in [0.3, 0.4) is 0 Å². The van der Waals surface area contributed by atoms with Gasteiger partial charge in [0.25, 0.3) is 0 Å². The molecule has 1 aliphatic heterocycles. The van der Waals surface area contributed by atoms with Crippen molar-refractivity contribution in [2.75, 3.05) is 20.2 Å². The van der Waals surface area contributed by atoms with Gasteiger partial charge in [0.05, 0.1) is 12.7 Å². The van der Waals surface area contributed by atoms with Crippen LogP contribution in [0.15, 0.2) is 18.2 Å². The summed E-state index contributed by atoms with van der Waals surface area (Å²) in [4.78, 5) is 0. The quantitative estimate of drug-likeness (QED) is 0.827. The highest BCUT2D eigenvalue weighted by Crippen LogP contribution is 2.35. The monoisotopic (exact) mass is 239 g/mol. The van der Waals surface area contributed by atoms with Crippen LogP contribution < -0.4 is 10.1 Å². The molecular weight excluding hydrogens is 221 g/mol. The Labute approximate surface area is 101 Å². The lowest BCUT2D eigenvalue weighted by Gasteiger charge is -2.27. The zero-order valence-corrected chi connectivity index (χ0v) is 10.0. The average molecular weight is 239 g/mol. The molecule has 94 valence electrons. The smallest absolute Gasteiger partial charge is 0.171 e. The van der Waals surface area contributed by atoms with Crippen molar-refractivity contribution in [3.05, 3.63) is 29.6 Å². The minimum absolute atomic E-state index is 0.188. The fraction of sp³-hybridized carbons (Fsp3) is 0.538. The summed E-state index contributed by atoms with van der Waals surface area (Å²) >= 11 is 0. The van der Waals surface area contributed by atoms with Gasteiger partial charge in [0.15, 0.2) is 11.6 Å².